The zero-order valence-corrected chi connectivity index (χ0v) is 21.8. The van der Waals surface area contributed by atoms with Gasteiger partial charge in [0.15, 0.2) is 5.82 Å². The molecule has 4 heteroatoms. The molecule has 0 aliphatic carbocycles. The van der Waals surface area contributed by atoms with Crippen molar-refractivity contribution >= 4 is 17.6 Å². The van der Waals surface area contributed by atoms with Crippen LogP contribution in [0.2, 0.25) is 0 Å². The molecule has 37 heavy (non-hydrogen) atoms. The maximum Gasteiger partial charge on any atom is 0.370 e. The molecule has 0 bridgehead atoms. The van der Waals surface area contributed by atoms with Gasteiger partial charge in [-0.15, -0.1) is 0 Å². The van der Waals surface area contributed by atoms with E-state index in [-0.39, 0.29) is 0 Å². The molecule has 182 valence electrons. The molecule has 0 amide bonds. The third-order valence-electron chi connectivity index (χ3n) is 7.43. The van der Waals surface area contributed by atoms with Crippen molar-refractivity contribution in [3.05, 3.63) is 115 Å². The molecule has 2 aromatic heterocycles. The molecule has 0 radical (unpaired) electrons. The summed E-state index contributed by atoms with van der Waals surface area (Å²) >= 11 is 0. The fraction of sp³-hybridized carbons (Fsp3) is 0.121. The van der Waals surface area contributed by atoms with Crippen LogP contribution in [0, 0.1) is 6.92 Å². The van der Waals surface area contributed by atoms with Gasteiger partial charge in [0, 0.05) is 23.7 Å². The van der Waals surface area contributed by atoms with Gasteiger partial charge in [-0.2, -0.15) is 4.57 Å². The van der Waals surface area contributed by atoms with Crippen molar-refractivity contribution in [3.8, 4) is 39.3 Å². The molecule has 0 N–H and O–H groups in total. The number of imidazole rings is 1. The average Bonchev–Trinajstić information content (AvgIpc) is 3.37. The second kappa shape index (κ2) is 8.82. The van der Waals surface area contributed by atoms with E-state index in [1.165, 1.54) is 50.3 Å². The van der Waals surface area contributed by atoms with E-state index in [0.717, 1.165) is 11.8 Å². The largest absolute Gasteiger partial charge is 0.370 e. The summed E-state index contributed by atoms with van der Waals surface area (Å²) in [6.45, 7) is 6.16. The number of allylic oxidation sites excluding steroid dienone is 2. The van der Waals surface area contributed by atoms with Gasteiger partial charge in [-0.3, -0.25) is 0 Å². The minimum absolute atomic E-state index is 1.09. The van der Waals surface area contributed by atoms with Crippen LogP contribution in [-0.2, 0) is 14.1 Å². The number of benzene rings is 3. The smallest absolute Gasteiger partial charge is 0.316 e. The Morgan fingerprint density at radius 2 is 1.49 bits per heavy atom. The zero-order valence-electron chi connectivity index (χ0n) is 21.8. The third kappa shape index (κ3) is 3.40. The van der Waals surface area contributed by atoms with E-state index in [1.807, 2.05) is 12.2 Å². The summed E-state index contributed by atoms with van der Waals surface area (Å²) in [5.74, 6) is 2.24. The van der Waals surface area contributed by atoms with Crippen molar-refractivity contribution in [1.82, 2.24) is 9.13 Å². The quantitative estimate of drug-likeness (QED) is 0.195. The molecular formula is C33H31N4+. The number of nitrogens with zero attached hydrogens (tertiary/aromatic N) is 4. The van der Waals surface area contributed by atoms with Crippen molar-refractivity contribution in [1.29, 1.82) is 0 Å². The highest BCUT2D eigenvalue weighted by molar-refractivity contribution is 6.05. The standard InChI is InChI=1S/C33H31N4/c1-6-7-16-25-23(2)37(33-34(3)21-22-35(33)4)32-30(25)28-18-12-11-17-27(28)29-20-13-19-26(31(29)36(32)5)24-14-9-8-10-15-24/h6-22H,1H2,2-5H3/q+1/b16-7-. The van der Waals surface area contributed by atoms with Crippen molar-refractivity contribution in [2.45, 2.75) is 6.92 Å². The SMILES string of the molecule is C=C/C=C\c1c2c(n(-c3n(C)cc[n+]3C)c1C)N(C)c1c(-c3ccccc3)cccc1-c1ccccc1-2. The zero-order chi connectivity index (χ0) is 25.7. The number of fused-ring (bicyclic) bond motifs is 5. The van der Waals surface area contributed by atoms with Crippen LogP contribution in [-0.4, -0.2) is 16.2 Å². The highest BCUT2D eigenvalue weighted by Crippen LogP contribution is 2.53. The number of hydrogen-bond donors (Lipinski definition) is 0. The van der Waals surface area contributed by atoms with Crippen molar-refractivity contribution in [3.63, 3.8) is 0 Å². The van der Waals surface area contributed by atoms with Gasteiger partial charge in [-0.1, -0.05) is 97.6 Å². The molecule has 0 spiro atoms. The van der Waals surface area contributed by atoms with E-state index in [4.69, 9.17) is 0 Å². The van der Waals surface area contributed by atoms with Gasteiger partial charge in [0.1, 0.15) is 0 Å². The number of aromatic nitrogens is 3. The Balaban J connectivity index is 1.80. The van der Waals surface area contributed by atoms with Crippen LogP contribution in [0.3, 0.4) is 0 Å². The van der Waals surface area contributed by atoms with Crippen molar-refractivity contribution in [2.75, 3.05) is 11.9 Å². The van der Waals surface area contributed by atoms with Crippen LogP contribution >= 0.6 is 0 Å². The predicted octanol–water partition coefficient (Wildman–Crippen LogP) is 7.23. The summed E-state index contributed by atoms with van der Waals surface area (Å²) in [5.41, 5.74) is 10.9. The van der Waals surface area contributed by atoms with Crippen LogP contribution in [0.15, 0.2) is 104 Å². The van der Waals surface area contributed by atoms with Gasteiger partial charge in [0.25, 0.3) is 0 Å². The minimum atomic E-state index is 1.09. The van der Waals surface area contributed by atoms with Gasteiger partial charge in [0.2, 0.25) is 0 Å². The molecule has 0 saturated heterocycles. The van der Waals surface area contributed by atoms with Crippen LogP contribution in [0.1, 0.15) is 11.3 Å². The van der Waals surface area contributed by atoms with E-state index in [9.17, 15) is 0 Å². The lowest BCUT2D eigenvalue weighted by Gasteiger charge is -2.24. The molecule has 0 unspecified atom stereocenters. The van der Waals surface area contributed by atoms with Gasteiger partial charge < -0.3 is 4.90 Å². The Bertz CT molecular complexity index is 1660. The first-order chi connectivity index (χ1) is 18.0. The van der Waals surface area contributed by atoms with Crippen LogP contribution < -0.4 is 9.47 Å². The Kier molecular flexibility index (Phi) is 5.45. The molecule has 3 heterocycles. The predicted molar refractivity (Wildman–Crippen MR) is 154 cm³/mol. The average molecular weight is 484 g/mol. The number of anilines is 2. The van der Waals surface area contributed by atoms with Crippen LogP contribution in [0.5, 0.6) is 0 Å². The molecule has 5 aromatic rings. The fourth-order valence-corrected chi connectivity index (χ4v) is 5.80. The van der Waals surface area contributed by atoms with E-state index in [0.29, 0.717) is 0 Å². The normalized spacial score (nSPS) is 12.3. The lowest BCUT2D eigenvalue weighted by Crippen LogP contribution is -2.34. The highest BCUT2D eigenvalue weighted by atomic mass is 15.3. The minimum Gasteiger partial charge on any atom is -0.316 e. The van der Waals surface area contributed by atoms with Crippen molar-refractivity contribution < 1.29 is 4.57 Å². The highest BCUT2D eigenvalue weighted by Gasteiger charge is 2.36. The number of rotatable bonds is 4. The van der Waals surface area contributed by atoms with Crippen LogP contribution in [0.25, 0.3) is 45.4 Å². The first kappa shape index (κ1) is 22.9. The summed E-state index contributed by atoms with van der Waals surface area (Å²) in [6.07, 6.45) is 10.3. The van der Waals surface area contributed by atoms with E-state index in [2.05, 4.69) is 145 Å². The summed E-state index contributed by atoms with van der Waals surface area (Å²) in [6, 6.07) is 26.1. The lowest BCUT2D eigenvalue weighted by molar-refractivity contribution is -0.665. The van der Waals surface area contributed by atoms with E-state index < -0.39 is 0 Å². The molecule has 0 saturated carbocycles. The monoisotopic (exact) mass is 483 g/mol. The Labute approximate surface area is 218 Å². The number of aryl methyl sites for hydroxylation is 2. The van der Waals surface area contributed by atoms with Gasteiger partial charge in [-0.05, 0) is 23.6 Å². The second-order valence-corrected chi connectivity index (χ2v) is 9.62. The Morgan fingerprint density at radius 3 is 2.19 bits per heavy atom. The van der Waals surface area contributed by atoms with Crippen LogP contribution in [0.4, 0.5) is 11.5 Å². The Hall–Kier alpha value is -4.57. The summed E-state index contributed by atoms with van der Waals surface area (Å²) < 4.78 is 6.76. The molecule has 4 nitrogen and oxygen atoms in total. The first-order valence-corrected chi connectivity index (χ1v) is 12.6. The third-order valence-corrected chi connectivity index (χ3v) is 7.43. The molecule has 0 atom stereocenters. The molecule has 1 aliphatic heterocycles. The van der Waals surface area contributed by atoms with Gasteiger partial charge in [-0.25, -0.2) is 9.13 Å². The molecular weight excluding hydrogens is 452 g/mol. The summed E-state index contributed by atoms with van der Waals surface area (Å²) in [5, 5.41) is 0. The molecule has 6 rings (SSSR count). The van der Waals surface area contributed by atoms with Gasteiger partial charge in [0.05, 0.1) is 43.4 Å². The number of hydrogen-bond acceptors (Lipinski definition) is 1. The summed E-state index contributed by atoms with van der Waals surface area (Å²) in [4.78, 5) is 2.39. The van der Waals surface area contributed by atoms with Crippen molar-refractivity contribution in [2.24, 2.45) is 14.1 Å². The molecule has 3 aromatic carbocycles. The maximum atomic E-state index is 3.95. The number of para-hydroxylation sites is 1. The Morgan fingerprint density at radius 1 is 0.811 bits per heavy atom. The van der Waals surface area contributed by atoms with E-state index >= 15 is 0 Å². The second-order valence-electron chi connectivity index (χ2n) is 9.62. The van der Waals surface area contributed by atoms with Gasteiger partial charge >= 0.3 is 5.95 Å². The fourth-order valence-electron chi connectivity index (χ4n) is 5.80. The lowest BCUT2D eigenvalue weighted by atomic mass is 9.91. The molecule has 1 aliphatic rings. The maximum absolute atomic E-state index is 3.95. The van der Waals surface area contributed by atoms with E-state index in [1.54, 1.807) is 0 Å². The first-order valence-electron chi connectivity index (χ1n) is 12.6. The summed E-state index contributed by atoms with van der Waals surface area (Å²) in [7, 11) is 6.42. The topological polar surface area (TPSA) is 17.0 Å². The molecule has 0 fully saturated rings.